The molecule has 1 N–H and O–H groups in total. The highest BCUT2D eigenvalue weighted by Gasteiger charge is 2.55. The number of carbonyl (C=O) groups is 1. The van der Waals surface area contributed by atoms with Gasteiger partial charge in [-0.25, -0.2) is 13.2 Å². The van der Waals surface area contributed by atoms with E-state index in [1.807, 2.05) is 22.6 Å². The fourth-order valence-corrected chi connectivity index (χ4v) is 6.07. The summed E-state index contributed by atoms with van der Waals surface area (Å²) in [6.45, 7) is -0.402. The normalized spacial score (nSPS) is 19.1. The third-order valence-corrected chi connectivity index (χ3v) is 8.00. The van der Waals surface area contributed by atoms with Crippen molar-refractivity contribution in [3.05, 3.63) is 14.0 Å². The van der Waals surface area contributed by atoms with E-state index >= 15 is 0 Å². The minimum Gasteiger partial charge on any atom is -0.479 e. The first kappa shape index (κ1) is 15.4. The van der Waals surface area contributed by atoms with Crippen molar-refractivity contribution in [1.82, 2.24) is 4.31 Å². The summed E-state index contributed by atoms with van der Waals surface area (Å²) < 4.78 is 31.2. The highest BCUT2D eigenvalue weighted by molar-refractivity contribution is 14.1. The molecule has 1 fully saturated rings. The van der Waals surface area contributed by atoms with Crippen molar-refractivity contribution in [2.75, 3.05) is 20.2 Å². The van der Waals surface area contributed by atoms with Crippen molar-refractivity contribution in [3.8, 4) is 0 Å². The Labute approximate surface area is 132 Å². The van der Waals surface area contributed by atoms with Crippen LogP contribution in [-0.4, -0.2) is 49.6 Å². The maximum Gasteiger partial charge on any atom is 0.338 e. The molecule has 106 valence electrons. The van der Waals surface area contributed by atoms with Gasteiger partial charge in [0.15, 0.2) is 5.60 Å². The Morgan fingerprint density at radius 2 is 2.21 bits per heavy atom. The Morgan fingerprint density at radius 3 is 2.58 bits per heavy atom. The Hall–Kier alpha value is 0.0600. The van der Waals surface area contributed by atoms with Crippen LogP contribution in [0.1, 0.15) is 0 Å². The lowest BCUT2D eigenvalue weighted by molar-refractivity contribution is -0.176. The van der Waals surface area contributed by atoms with Crippen LogP contribution in [0, 0.1) is 2.88 Å². The Balaban J connectivity index is 2.23. The summed E-state index contributed by atoms with van der Waals surface area (Å²) in [5.74, 6) is -1.17. The number of aliphatic carboxylic acids is 1. The van der Waals surface area contributed by atoms with E-state index in [9.17, 15) is 13.2 Å². The molecule has 10 heteroatoms. The van der Waals surface area contributed by atoms with Gasteiger partial charge in [0.25, 0.3) is 10.0 Å². The monoisotopic (exact) mass is 437 g/mol. The van der Waals surface area contributed by atoms with Crippen LogP contribution in [-0.2, 0) is 19.6 Å². The van der Waals surface area contributed by atoms with Crippen molar-refractivity contribution in [2.45, 2.75) is 9.81 Å². The second-order valence-electron chi connectivity index (χ2n) is 3.96. The molecule has 0 aromatic carbocycles. The van der Waals surface area contributed by atoms with Gasteiger partial charge in [-0.3, -0.25) is 0 Å². The summed E-state index contributed by atoms with van der Waals surface area (Å²) >= 11 is 8.84. The summed E-state index contributed by atoms with van der Waals surface area (Å²) in [7, 11) is -2.45. The van der Waals surface area contributed by atoms with Crippen LogP contribution in [0.5, 0.6) is 0 Å². The van der Waals surface area contributed by atoms with Gasteiger partial charge in [0.2, 0.25) is 0 Å². The maximum absolute atomic E-state index is 12.2. The Kier molecular flexibility index (Phi) is 4.16. The molecule has 2 rings (SSSR count). The highest BCUT2D eigenvalue weighted by Crippen LogP contribution is 2.36. The molecule has 0 aliphatic carbocycles. The Bertz CT molecular complexity index is 603. The third kappa shape index (κ3) is 2.51. The van der Waals surface area contributed by atoms with Crippen LogP contribution in [0.2, 0.25) is 5.02 Å². The molecule has 2 heterocycles. The van der Waals surface area contributed by atoms with Gasteiger partial charge in [0.05, 0.1) is 21.0 Å². The molecule has 0 spiro atoms. The van der Waals surface area contributed by atoms with Gasteiger partial charge in [-0.1, -0.05) is 11.6 Å². The minimum atomic E-state index is -3.70. The first-order chi connectivity index (χ1) is 8.73. The number of rotatable bonds is 4. The zero-order valence-corrected chi connectivity index (χ0v) is 14.1. The van der Waals surface area contributed by atoms with E-state index in [-0.39, 0.29) is 17.3 Å². The second kappa shape index (κ2) is 5.11. The maximum atomic E-state index is 12.2. The van der Waals surface area contributed by atoms with Crippen LogP contribution in [0.4, 0.5) is 0 Å². The van der Waals surface area contributed by atoms with E-state index in [2.05, 4.69) is 0 Å². The first-order valence-corrected chi connectivity index (χ1v) is 8.68. The summed E-state index contributed by atoms with van der Waals surface area (Å²) in [6, 6.07) is 1.37. The smallest absolute Gasteiger partial charge is 0.338 e. The number of ether oxygens (including phenoxy) is 1. The number of halogens is 2. The highest BCUT2D eigenvalue weighted by atomic mass is 127. The average Bonchev–Trinajstić information content (AvgIpc) is 2.58. The fourth-order valence-electron chi connectivity index (χ4n) is 1.63. The van der Waals surface area contributed by atoms with Gasteiger partial charge in [-0.15, -0.1) is 11.3 Å². The zero-order chi connectivity index (χ0) is 14.4. The number of methoxy groups -OCH3 is 1. The van der Waals surface area contributed by atoms with Crippen LogP contribution in [0.25, 0.3) is 0 Å². The van der Waals surface area contributed by atoms with Gasteiger partial charge in [-0.2, -0.15) is 4.31 Å². The van der Waals surface area contributed by atoms with Crippen LogP contribution >= 0.6 is 45.5 Å². The molecule has 1 aromatic heterocycles. The Morgan fingerprint density at radius 1 is 1.63 bits per heavy atom. The average molecular weight is 438 g/mol. The van der Waals surface area contributed by atoms with Crippen LogP contribution in [0.15, 0.2) is 10.3 Å². The lowest BCUT2D eigenvalue weighted by Crippen LogP contribution is -2.68. The fraction of sp³-hybridized carbons (Fsp3) is 0.444. The molecule has 1 aliphatic rings. The molecule has 0 atom stereocenters. The summed E-state index contributed by atoms with van der Waals surface area (Å²) in [6.07, 6.45) is 0. The number of hydrogen-bond acceptors (Lipinski definition) is 5. The lowest BCUT2D eigenvalue weighted by Gasteiger charge is -2.44. The molecular formula is C9H9ClINO5S2. The zero-order valence-electron chi connectivity index (χ0n) is 9.59. The van der Waals surface area contributed by atoms with E-state index in [1.165, 1.54) is 13.2 Å². The number of carboxylic acid groups (broad SMARTS) is 1. The molecule has 0 amide bonds. The standard InChI is InChI=1S/C9H9ClINO5S2/c1-17-9(8(13)14)3-12(4-9)19(15,16)6-2-5(10)7(11)18-6/h2H,3-4H2,1H3,(H,13,14). The molecule has 19 heavy (non-hydrogen) atoms. The van der Waals surface area contributed by atoms with E-state index in [0.717, 1.165) is 15.6 Å². The van der Waals surface area contributed by atoms with Gasteiger partial charge >= 0.3 is 5.97 Å². The molecule has 0 saturated carbocycles. The van der Waals surface area contributed by atoms with E-state index < -0.39 is 21.6 Å². The van der Waals surface area contributed by atoms with Crippen molar-refractivity contribution >= 4 is 61.5 Å². The van der Waals surface area contributed by atoms with Gasteiger partial charge in [-0.05, 0) is 28.7 Å². The molecular weight excluding hydrogens is 429 g/mol. The number of carboxylic acids is 1. The number of thiophene rings is 1. The molecule has 1 aliphatic heterocycles. The molecule has 1 saturated heterocycles. The first-order valence-electron chi connectivity index (χ1n) is 4.96. The van der Waals surface area contributed by atoms with Crippen LogP contribution in [0.3, 0.4) is 0 Å². The summed E-state index contributed by atoms with van der Waals surface area (Å²) in [5.41, 5.74) is -1.44. The van der Waals surface area contributed by atoms with Crippen molar-refractivity contribution < 1.29 is 23.1 Å². The molecule has 1 aromatic rings. The molecule has 6 nitrogen and oxygen atoms in total. The SMILES string of the molecule is COC1(C(=O)O)CN(S(=O)(=O)c2cc(Cl)c(I)s2)C1. The van der Waals surface area contributed by atoms with E-state index in [4.69, 9.17) is 21.4 Å². The number of nitrogens with zero attached hydrogens (tertiary/aromatic N) is 1. The summed E-state index contributed by atoms with van der Waals surface area (Å²) in [5, 5.41) is 9.40. The largest absolute Gasteiger partial charge is 0.479 e. The van der Waals surface area contributed by atoms with Crippen molar-refractivity contribution in [3.63, 3.8) is 0 Å². The third-order valence-electron chi connectivity index (χ3n) is 2.86. The van der Waals surface area contributed by atoms with Gasteiger partial charge in [0, 0.05) is 7.11 Å². The minimum absolute atomic E-state index is 0.108. The molecule has 0 bridgehead atoms. The van der Waals surface area contributed by atoms with E-state index in [0.29, 0.717) is 7.91 Å². The molecule has 0 radical (unpaired) electrons. The topological polar surface area (TPSA) is 83.9 Å². The quantitative estimate of drug-likeness (QED) is 0.722. The van der Waals surface area contributed by atoms with Gasteiger partial charge in [0.1, 0.15) is 4.21 Å². The second-order valence-corrected chi connectivity index (χ2v) is 9.40. The van der Waals surface area contributed by atoms with Crippen molar-refractivity contribution in [1.29, 1.82) is 0 Å². The number of hydrogen-bond donors (Lipinski definition) is 1. The van der Waals surface area contributed by atoms with Crippen LogP contribution < -0.4 is 0 Å². The van der Waals surface area contributed by atoms with Crippen molar-refractivity contribution in [2.24, 2.45) is 0 Å². The predicted molar refractivity (Wildman–Crippen MR) is 78.2 cm³/mol. The number of sulfonamides is 1. The predicted octanol–water partition coefficient (Wildman–Crippen LogP) is 1.48. The molecule has 0 unspecified atom stereocenters. The lowest BCUT2D eigenvalue weighted by atomic mass is 9.97. The summed E-state index contributed by atoms with van der Waals surface area (Å²) in [4.78, 5) is 11.0. The van der Waals surface area contributed by atoms with Gasteiger partial charge < -0.3 is 9.84 Å². The van der Waals surface area contributed by atoms with E-state index in [1.54, 1.807) is 0 Å².